The minimum atomic E-state index is -2.28. The van der Waals surface area contributed by atoms with Gasteiger partial charge in [0.2, 0.25) is 0 Å². The maximum absolute atomic E-state index is 9.37. The molecule has 0 aliphatic carbocycles. The predicted octanol–water partition coefficient (Wildman–Crippen LogP) is 4.22. The first-order chi connectivity index (χ1) is 12.1. The number of hydrogen-bond donors (Lipinski definition) is 2. The fraction of sp³-hybridized carbons (Fsp3) is 0.0952. The van der Waals surface area contributed by atoms with E-state index in [9.17, 15) is 9.96 Å². The molecule has 0 aliphatic rings. The number of carbonyl (C=O) groups is 1. The molecule has 0 amide bonds. The molecule has 3 nitrogen and oxygen atoms in total. The van der Waals surface area contributed by atoms with Gasteiger partial charge >= 0.3 is 5.97 Å². The molecule has 0 atom stereocenters. The van der Waals surface area contributed by atoms with Gasteiger partial charge in [-0.2, -0.15) is 0 Å². The van der Waals surface area contributed by atoms with Gasteiger partial charge in [-0.1, -0.05) is 97.9 Å². The van der Waals surface area contributed by atoms with E-state index in [4.69, 9.17) is 5.11 Å². The second-order valence-electron chi connectivity index (χ2n) is 5.42. The molecule has 0 spiro atoms. The van der Waals surface area contributed by atoms with Crippen LogP contribution in [0.3, 0.4) is 0 Å². The lowest BCUT2D eigenvalue weighted by Gasteiger charge is -2.24. The number of benzene rings is 3. The van der Waals surface area contributed by atoms with Crippen molar-refractivity contribution in [2.75, 3.05) is 0 Å². The van der Waals surface area contributed by atoms with Crippen LogP contribution in [0.2, 0.25) is 0 Å². The molecular weight excluding hydrogens is 329 g/mol. The van der Waals surface area contributed by atoms with Crippen molar-refractivity contribution >= 4 is 28.9 Å². The van der Waals surface area contributed by atoms with E-state index >= 15 is 0 Å². The molecule has 0 bridgehead atoms. The number of carboxylic acids is 1. The Kier molecular flexibility index (Phi) is 6.73. The molecule has 0 heterocycles. The van der Waals surface area contributed by atoms with Gasteiger partial charge < -0.3 is 10.3 Å². The largest absolute Gasteiger partial charge is 0.481 e. The molecule has 3 rings (SSSR count). The van der Waals surface area contributed by atoms with E-state index in [-0.39, 0.29) is 6.42 Å². The topological polar surface area (TPSA) is 61.1 Å². The predicted molar refractivity (Wildman–Crippen MR) is 106 cm³/mol. The maximum Gasteiger partial charge on any atom is 0.303 e. The minimum absolute atomic E-state index is 0.222. The summed E-state index contributed by atoms with van der Waals surface area (Å²) in [4.78, 5) is 9.37. The van der Waals surface area contributed by atoms with Gasteiger partial charge in [0.1, 0.15) is 0 Å². The maximum atomic E-state index is 9.37. The molecular formula is C21H22NO2P. The van der Waals surface area contributed by atoms with Crippen LogP contribution in [-0.4, -0.2) is 11.1 Å². The number of nitrogens with one attached hydrogen (secondary N) is 1. The Balaban J connectivity index is 0.000000399. The summed E-state index contributed by atoms with van der Waals surface area (Å²) in [5.41, 5.74) is 0. The van der Waals surface area contributed by atoms with Crippen molar-refractivity contribution < 1.29 is 9.90 Å². The SMILES string of the molecule is CCC(=O)O.N=P(c1ccccc1)(c1ccccc1)c1ccccc1. The second-order valence-corrected chi connectivity index (χ2v) is 8.32. The van der Waals surface area contributed by atoms with E-state index in [1.54, 1.807) is 6.92 Å². The van der Waals surface area contributed by atoms with Crippen LogP contribution in [-0.2, 0) is 4.79 Å². The summed E-state index contributed by atoms with van der Waals surface area (Å²) in [6.45, 7) is 1.60. The van der Waals surface area contributed by atoms with Gasteiger partial charge in [0.05, 0.1) is 7.05 Å². The fourth-order valence-corrected chi connectivity index (χ4v) is 5.15. The van der Waals surface area contributed by atoms with E-state index in [0.717, 1.165) is 15.9 Å². The molecule has 3 aromatic rings. The summed E-state index contributed by atoms with van der Waals surface area (Å²) in [7, 11) is -2.28. The molecule has 0 radical (unpaired) electrons. The van der Waals surface area contributed by atoms with Gasteiger partial charge in [0.25, 0.3) is 0 Å². The first kappa shape index (κ1) is 18.7. The Morgan fingerprint density at radius 3 is 1.20 bits per heavy atom. The van der Waals surface area contributed by atoms with Crippen molar-refractivity contribution in [1.29, 1.82) is 5.16 Å². The third-order valence-corrected chi connectivity index (χ3v) is 6.95. The highest BCUT2D eigenvalue weighted by Crippen LogP contribution is 2.42. The average Bonchev–Trinajstić information content (AvgIpc) is 2.70. The lowest BCUT2D eigenvalue weighted by molar-refractivity contribution is -0.136. The summed E-state index contributed by atoms with van der Waals surface area (Å²) < 4.78 is 0. The fourth-order valence-electron chi connectivity index (χ4n) is 2.40. The molecule has 128 valence electrons. The first-order valence-electron chi connectivity index (χ1n) is 8.11. The minimum Gasteiger partial charge on any atom is -0.481 e. The zero-order valence-corrected chi connectivity index (χ0v) is 15.1. The van der Waals surface area contributed by atoms with Crippen LogP contribution in [0.15, 0.2) is 91.0 Å². The molecule has 0 unspecified atom stereocenters. The molecule has 0 aliphatic heterocycles. The van der Waals surface area contributed by atoms with Crippen molar-refractivity contribution in [3.8, 4) is 0 Å². The molecule has 4 heteroatoms. The summed E-state index contributed by atoms with van der Waals surface area (Å²) in [5, 5.41) is 20.3. The van der Waals surface area contributed by atoms with Crippen LogP contribution in [0.25, 0.3) is 0 Å². The van der Waals surface area contributed by atoms with Gasteiger partial charge in [0.15, 0.2) is 0 Å². The van der Waals surface area contributed by atoms with Gasteiger partial charge in [-0.25, -0.2) is 0 Å². The van der Waals surface area contributed by atoms with Crippen molar-refractivity contribution in [2.24, 2.45) is 0 Å². The first-order valence-corrected chi connectivity index (χ1v) is 9.90. The van der Waals surface area contributed by atoms with Crippen molar-refractivity contribution in [2.45, 2.75) is 13.3 Å². The normalized spacial score (nSPS) is 10.4. The van der Waals surface area contributed by atoms with E-state index in [1.165, 1.54) is 0 Å². The Bertz CT molecular complexity index is 730. The zero-order chi connectivity index (χ0) is 18.1. The highest BCUT2D eigenvalue weighted by molar-refractivity contribution is 7.86. The summed E-state index contributed by atoms with van der Waals surface area (Å²) >= 11 is 0. The van der Waals surface area contributed by atoms with Gasteiger partial charge in [0, 0.05) is 6.42 Å². The molecule has 2 N–H and O–H groups in total. The zero-order valence-electron chi connectivity index (χ0n) is 14.2. The smallest absolute Gasteiger partial charge is 0.303 e. The van der Waals surface area contributed by atoms with E-state index in [2.05, 4.69) is 36.4 Å². The van der Waals surface area contributed by atoms with Crippen molar-refractivity contribution in [3.63, 3.8) is 0 Å². The number of rotatable bonds is 4. The van der Waals surface area contributed by atoms with Gasteiger partial charge in [-0.3, -0.25) is 4.79 Å². The number of aliphatic carboxylic acids is 1. The lowest BCUT2D eigenvalue weighted by atomic mass is 10.4. The second kappa shape index (κ2) is 9.00. The van der Waals surface area contributed by atoms with Gasteiger partial charge in [-0.15, -0.1) is 0 Å². The van der Waals surface area contributed by atoms with Crippen molar-refractivity contribution in [1.82, 2.24) is 0 Å². The Morgan fingerprint density at radius 2 is 1.00 bits per heavy atom. The molecule has 0 fully saturated rings. The number of carboxylic acid groups (broad SMARTS) is 1. The van der Waals surface area contributed by atoms with E-state index in [0.29, 0.717) is 0 Å². The summed E-state index contributed by atoms with van der Waals surface area (Å²) in [6, 6.07) is 30.5. The van der Waals surface area contributed by atoms with Crippen LogP contribution in [0.5, 0.6) is 0 Å². The number of hydrogen-bond acceptors (Lipinski definition) is 2. The lowest BCUT2D eigenvalue weighted by Crippen LogP contribution is -2.24. The summed E-state index contributed by atoms with van der Waals surface area (Å²) in [6.07, 6.45) is 0.222. The van der Waals surface area contributed by atoms with Gasteiger partial charge in [-0.05, 0) is 15.9 Å². The van der Waals surface area contributed by atoms with E-state index in [1.807, 2.05) is 54.6 Å². The van der Waals surface area contributed by atoms with Crippen LogP contribution in [0.1, 0.15) is 13.3 Å². The summed E-state index contributed by atoms with van der Waals surface area (Å²) in [5.74, 6) is -0.745. The highest BCUT2D eigenvalue weighted by atomic mass is 31.2. The standard InChI is InChI=1S/C18H16NP.C3H6O2/c19-20(16-10-4-1-5-11-16,17-12-6-2-7-13-17)18-14-8-3-9-15-18;1-2-3(4)5/h1-15,19H;2H2,1H3,(H,4,5). The Labute approximate surface area is 148 Å². The van der Waals surface area contributed by atoms with Crippen LogP contribution >= 0.6 is 7.05 Å². The average molecular weight is 351 g/mol. The van der Waals surface area contributed by atoms with Crippen molar-refractivity contribution in [3.05, 3.63) is 91.0 Å². The molecule has 0 saturated heterocycles. The van der Waals surface area contributed by atoms with Crippen LogP contribution in [0, 0.1) is 5.16 Å². The molecule has 0 aromatic heterocycles. The highest BCUT2D eigenvalue weighted by Gasteiger charge is 2.23. The third-order valence-electron chi connectivity index (χ3n) is 3.73. The third kappa shape index (κ3) is 4.68. The monoisotopic (exact) mass is 351 g/mol. The molecule has 25 heavy (non-hydrogen) atoms. The quantitative estimate of drug-likeness (QED) is 0.691. The van der Waals surface area contributed by atoms with E-state index < -0.39 is 13.0 Å². The molecule has 0 saturated carbocycles. The Morgan fingerprint density at radius 1 is 0.760 bits per heavy atom. The Hall–Kier alpha value is -2.64. The van der Waals surface area contributed by atoms with Crippen LogP contribution in [0.4, 0.5) is 0 Å². The molecule has 3 aromatic carbocycles. The van der Waals surface area contributed by atoms with Crippen LogP contribution < -0.4 is 15.9 Å².